The van der Waals surface area contributed by atoms with E-state index in [4.69, 9.17) is 4.74 Å². The molecule has 0 aromatic carbocycles. The van der Waals surface area contributed by atoms with Crippen LogP contribution in [-0.2, 0) is 14.3 Å². The van der Waals surface area contributed by atoms with Crippen LogP contribution in [0.3, 0.4) is 0 Å². The van der Waals surface area contributed by atoms with Crippen LogP contribution in [0.1, 0.15) is 46.0 Å². The van der Waals surface area contributed by atoms with Crippen molar-refractivity contribution >= 4 is 17.8 Å². The maximum Gasteiger partial charge on any atom is 0.325 e. The summed E-state index contributed by atoms with van der Waals surface area (Å²) in [4.78, 5) is 37.8. The van der Waals surface area contributed by atoms with Gasteiger partial charge in [-0.25, -0.2) is 4.79 Å². The van der Waals surface area contributed by atoms with Crippen LogP contribution in [0, 0.1) is 5.92 Å². The molecule has 2 atom stereocenters. The second-order valence-corrected chi connectivity index (χ2v) is 6.34. The number of imide groups is 1. The molecule has 0 unspecified atom stereocenters. The van der Waals surface area contributed by atoms with Gasteiger partial charge < -0.3 is 15.4 Å². The maximum atomic E-state index is 12.7. The molecule has 1 saturated carbocycles. The number of hydrogen-bond donors (Lipinski definition) is 2. The molecule has 130 valence electrons. The topological polar surface area (TPSA) is 87.7 Å². The molecule has 2 rings (SSSR count). The highest BCUT2D eigenvalue weighted by molar-refractivity contribution is 6.09. The van der Waals surface area contributed by atoms with E-state index in [2.05, 4.69) is 10.6 Å². The molecule has 2 N–H and O–H groups in total. The average Bonchev–Trinajstić information content (AvgIpc) is 2.75. The van der Waals surface area contributed by atoms with Crippen LogP contribution in [0.2, 0.25) is 0 Å². The number of hydrogen-bond acceptors (Lipinski definition) is 4. The van der Waals surface area contributed by atoms with Crippen LogP contribution in [0.4, 0.5) is 4.79 Å². The summed E-state index contributed by atoms with van der Waals surface area (Å²) in [6.45, 7) is 5.40. The van der Waals surface area contributed by atoms with E-state index in [9.17, 15) is 14.4 Å². The van der Waals surface area contributed by atoms with Crippen molar-refractivity contribution in [3.05, 3.63) is 0 Å². The minimum Gasteiger partial charge on any atom is -0.382 e. The Labute approximate surface area is 137 Å². The number of carbonyl (C=O) groups excluding carboxylic acids is 3. The van der Waals surface area contributed by atoms with Crippen molar-refractivity contribution in [1.29, 1.82) is 0 Å². The zero-order chi connectivity index (χ0) is 16.9. The van der Waals surface area contributed by atoms with E-state index in [0.29, 0.717) is 32.6 Å². The number of urea groups is 1. The van der Waals surface area contributed by atoms with Gasteiger partial charge in [0.15, 0.2) is 0 Å². The Morgan fingerprint density at radius 2 is 2.22 bits per heavy atom. The van der Waals surface area contributed by atoms with Gasteiger partial charge in [0.05, 0.1) is 0 Å². The van der Waals surface area contributed by atoms with Gasteiger partial charge in [0.25, 0.3) is 5.91 Å². The predicted octanol–water partition coefficient (Wildman–Crippen LogP) is 1.03. The summed E-state index contributed by atoms with van der Waals surface area (Å²) < 4.78 is 5.19. The van der Waals surface area contributed by atoms with Crippen LogP contribution in [-0.4, -0.2) is 54.6 Å². The fourth-order valence-corrected chi connectivity index (χ4v) is 3.38. The van der Waals surface area contributed by atoms with Gasteiger partial charge in [-0.2, -0.15) is 0 Å². The number of nitrogens with one attached hydrogen (secondary N) is 2. The Morgan fingerprint density at radius 1 is 1.43 bits per heavy atom. The SMILES string of the molecule is CCOCCCNC(=O)CN1C(=O)N[C@]2(CCCC[C@H]2C)C1=O. The summed E-state index contributed by atoms with van der Waals surface area (Å²) in [6, 6.07) is -0.451. The van der Waals surface area contributed by atoms with E-state index in [1.54, 1.807) is 0 Å². The first kappa shape index (κ1) is 17.7. The molecular formula is C16H27N3O4. The third kappa shape index (κ3) is 3.83. The molecule has 1 spiro atoms. The molecule has 23 heavy (non-hydrogen) atoms. The monoisotopic (exact) mass is 325 g/mol. The number of amides is 4. The fraction of sp³-hybridized carbons (Fsp3) is 0.812. The Bertz CT molecular complexity index is 468. The molecule has 0 bridgehead atoms. The van der Waals surface area contributed by atoms with Crippen molar-refractivity contribution in [3.63, 3.8) is 0 Å². The van der Waals surface area contributed by atoms with E-state index in [1.807, 2.05) is 13.8 Å². The largest absolute Gasteiger partial charge is 0.382 e. The molecule has 7 heteroatoms. The lowest BCUT2D eigenvalue weighted by Gasteiger charge is -2.36. The minimum absolute atomic E-state index is 0.104. The van der Waals surface area contributed by atoms with E-state index < -0.39 is 11.6 Å². The Kier molecular flexibility index (Phi) is 5.98. The lowest BCUT2D eigenvalue weighted by Crippen LogP contribution is -2.54. The number of rotatable bonds is 7. The maximum absolute atomic E-state index is 12.7. The molecule has 2 aliphatic rings. The number of ether oxygens (including phenoxy) is 1. The standard InChI is InChI=1S/C16H27N3O4/c1-3-23-10-6-9-17-13(20)11-19-14(21)16(18-15(19)22)8-5-4-7-12(16)2/h12H,3-11H2,1-2H3,(H,17,20)(H,18,22)/t12-,16+/m1/s1. The molecule has 0 radical (unpaired) electrons. The third-order valence-corrected chi connectivity index (χ3v) is 4.79. The summed E-state index contributed by atoms with van der Waals surface area (Å²) in [7, 11) is 0. The highest BCUT2D eigenvalue weighted by Gasteiger charge is 2.55. The second kappa shape index (κ2) is 7.77. The Hall–Kier alpha value is -1.63. The quantitative estimate of drug-likeness (QED) is 0.540. The number of nitrogens with zero attached hydrogens (tertiary/aromatic N) is 1. The zero-order valence-corrected chi connectivity index (χ0v) is 14.0. The summed E-state index contributed by atoms with van der Waals surface area (Å²) in [6.07, 6.45) is 4.29. The van der Waals surface area contributed by atoms with Crippen molar-refractivity contribution in [1.82, 2.24) is 15.5 Å². The summed E-state index contributed by atoms with van der Waals surface area (Å²) in [5, 5.41) is 5.56. The van der Waals surface area contributed by atoms with Crippen molar-refractivity contribution < 1.29 is 19.1 Å². The van der Waals surface area contributed by atoms with Gasteiger partial charge in [0.2, 0.25) is 5.91 Å². The Morgan fingerprint density at radius 3 is 2.91 bits per heavy atom. The van der Waals surface area contributed by atoms with Crippen molar-refractivity contribution in [3.8, 4) is 0 Å². The molecule has 1 heterocycles. The van der Waals surface area contributed by atoms with Crippen LogP contribution < -0.4 is 10.6 Å². The molecule has 1 aliphatic carbocycles. The lowest BCUT2D eigenvalue weighted by atomic mass is 9.73. The smallest absolute Gasteiger partial charge is 0.325 e. The highest BCUT2D eigenvalue weighted by Crippen LogP contribution is 2.38. The summed E-state index contributed by atoms with van der Waals surface area (Å²) >= 11 is 0. The van der Waals surface area contributed by atoms with Gasteiger partial charge in [-0.3, -0.25) is 14.5 Å². The van der Waals surface area contributed by atoms with Crippen molar-refractivity contribution in [2.24, 2.45) is 5.92 Å². The van der Waals surface area contributed by atoms with Crippen LogP contribution >= 0.6 is 0 Å². The zero-order valence-electron chi connectivity index (χ0n) is 14.0. The van der Waals surface area contributed by atoms with Gasteiger partial charge in [-0.15, -0.1) is 0 Å². The molecule has 2 fully saturated rings. The van der Waals surface area contributed by atoms with Crippen LogP contribution in [0.25, 0.3) is 0 Å². The first-order valence-corrected chi connectivity index (χ1v) is 8.50. The van der Waals surface area contributed by atoms with Crippen molar-refractivity contribution in [2.75, 3.05) is 26.3 Å². The number of carbonyl (C=O) groups is 3. The van der Waals surface area contributed by atoms with Crippen LogP contribution in [0.15, 0.2) is 0 Å². The molecule has 1 aliphatic heterocycles. The predicted molar refractivity (Wildman–Crippen MR) is 84.7 cm³/mol. The molecular weight excluding hydrogens is 298 g/mol. The van der Waals surface area contributed by atoms with Crippen LogP contribution in [0.5, 0.6) is 0 Å². The first-order chi connectivity index (χ1) is 11.0. The van der Waals surface area contributed by atoms with E-state index in [-0.39, 0.29) is 24.3 Å². The molecule has 4 amide bonds. The van der Waals surface area contributed by atoms with Gasteiger partial charge >= 0.3 is 6.03 Å². The first-order valence-electron chi connectivity index (χ1n) is 8.50. The lowest BCUT2D eigenvalue weighted by molar-refractivity contribution is -0.137. The summed E-state index contributed by atoms with van der Waals surface area (Å²) in [5.74, 6) is -0.461. The minimum atomic E-state index is -0.801. The van der Waals surface area contributed by atoms with Gasteiger partial charge in [0.1, 0.15) is 12.1 Å². The molecule has 1 saturated heterocycles. The fourth-order valence-electron chi connectivity index (χ4n) is 3.38. The molecule has 0 aromatic rings. The molecule has 7 nitrogen and oxygen atoms in total. The normalized spacial score (nSPS) is 27.4. The highest BCUT2D eigenvalue weighted by atomic mass is 16.5. The third-order valence-electron chi connectivity index (χ3n) is 4.79. The van der Waals surface area contributed by atoms with E-state index >= 15 is 0 Å². The molecule has 0 aromatic heterocycles. The van der Waals surface area contributed by atoms with E-state index in [0.717, 1.165) is 24.2 Å². The van der Waals surface area contributed by atoms with E-state index in [1.165, 1.54) is 0 Å². The Balaban J connectivity index is 1.87. The summed E-state index contributed by atoms with van der Waals surface area (Å²) in [5.41, 5.74) is -0.801. The van der Waals surface area contributed by atoms with Gasteiger partial charge in [-0.05, 0) is 32.1 Å². The van der Waals surface area contributed by atoms with Gasteiger partial charge in [-0.1, -0.05) is 19.8 Å². The average molecular weight is 325 g/mol. The van der Waals surface area contributed by atoms with Crippen molar-refractivity contribution in [2.45, 2.75) is 51.5 Å². The van der Waals surface area contributed by atoms with Gasteiger partial charge in [0, 0.05) is 19.8 Å². The second-order valence-electron chi connectivity index (χ2n) is 6.34.